The van der Waals surface area contributed by atoms with Crippen LogP contribution in [0.5, 0.6) is 11.5 Å². The van der Waals surface area contributed by atoms with Gasteiger partial charge in [0.2, 0.25) is 18.6 Å². The van der Waals surface area contributed by atoms with E-state index in [4.69, 9.17) is 9.47 Å². The molecule has 0 aromatic heterocycles. The number of carboxylic acid groups (broad SMARTS) is 1. The quantitative estimate of drug-likeness (QED) is 0.322. The molecule has 2 aromatic rings. The average molecular weight is 636 g/mol. The molecule has 10 nitrogen and oxygen atoms in total. The number of nitrogens with zero attached hydrogens (tertiary/aromatic N) is 4. The van der Waals surface area contributed by atoms with Crippen molar-refractivity contribution in [3.63, 3.8) is 0 Å². The lowest BCUT2D eigenvalue weighted by Crippen LogP contribution is -2.45. The van der Waals surface area contributed by atoms with Crippen LogP contribution in [0.15, 0.2) is 42.5 Å². The fourth-order valence-electron chi connectivity index (χ4n) is 7.35. The minimum absolute atomic E-state index is 0.0466. The molecule has 250 valence electrons. The van der Waals surface area contributed by atoms with Crippen molar-refractivity contribution < 1.29 is 33.4 Å². The Morgan fingerprint density at radius 3 is 2.52 bits per heavy atom. The third-order valence-corrected chi connectivity index (χ3v) is 9.41. The molecule has 0 saturated carbocycles. The number of unbranched alkanes of at least 4 members (excludes halogenated alkanes) is 1. The second-order valence-corrected chi connectivity index (χ2v) is 15.0. The molecule has 3 aliphatic heterocycles. The van der Waals surface area contributed by atoms with Gasteiger partial charge in [-0.3, -0.25) is 19.3 Å². The summed E-state index contributed by atoms with van der Waals surface area (Å²) in [6.07, 6.45) is 2.77. The van der Waals surface area contributed by atoms with Gasteiger partial charge >= 0.3 is 5.97 Å². The van der Waals surface area contributed by atoms with E-state index in [0.717, 1.165) is 40.7 Å². The predicted molar refractivity (Wildman–Crippen MR) is 177 cm³/mol. The van der Waals surface area contributed by atoms with Gasteiger partial charge in [-0.15, -0.1) is 0 Å². The first kappa shape index (κ1) is 33.7. The van der Waals surface area contributed by atoms with E-state index in [1.165, 1.54) is 0 Å². The number of carbonyl (C=O) groups is 3. The summed E-state index contributed by atoms with van der Waals surface area (Å²) in [6.45, 7) is 9.46. The van der Waals surface area contributed by atoms with Crippen LogP contribution in [0.1, 0.15) is 63.5 Å². The van der Waals surface area contributed by atoms with E-state index in [1.54, 1.807) is 0 Å². The summed E-state index contributed by atoms with van der Waals surface area (Å²) in [4.78, 5) is 45.9. The number of benzene rings is 2. The summed E-state index contributed by atoms with van der Waals surface area (Å²) in [6, 6.07) is 13.4. The van der Waals surface area contributed by atoms with Crippen molar-refractivity contribution in [1.82, 2.24) is 9.80 Å². The highest BCUT2D eigenvalue weighted by Gasteiger charge is 2.48. The second kappa shape index (κ2) is 13.6. The van der Waals surface area contributed by atoms with Gasteiger partial charge in [0.1, 0.15) is 6.54 Å². The number of hydrogen-bond acceptors (Lipinski definition) is 6. The van der Waals surface area contributed by atoms with Gasteiger partial charge in [-0.1, -0.05) is 45.4 Å². The number of fused-ring (bicyclic) bond motifs is 1. The van der Waals surface area contributed by atoms with Gasteiger partial charge in [0.05, 0.1) is 33.6 Å². The van der Waals surface area contributed by atoms with Gasteiger partial charge < -0.3 is 28.9 Å². The van der Waals surface area contributed by atoms with Crippen molar-refractivity contribution >= 4 is 23.5 Å². The van der Waals surface area contributed by atoms with Gasteiger partial charge in [0.15, 0.2) is 11.5 Å². The molecule has 2 aromatic carbocycles. The highest BCUT2D eigenvalue weighted by molar-refractivity contribution is 5.95. The molecule has 2 amide bonds. The van der Waals surface area contributed by atoms with Crippen molar-refractivity contribution in [2.75, 3.05) is 65.6 Å². The molecule has 3 heterocycles. The van der Waals surface area contributed by atoms with Gasteiger partial charge in [-0.05, 0) is 48.1 Å². The summed E-state index contributed by atoms with van der Waals surface area (Å²) >= 11 is 0. The van der Waals surface area contributed by atoms with Crippen LogP contribution in [0, 0.1) is 11.3 Å². The topological polar surface area (TPSA) is 99.6 Å². The third kappa shape index (κ3) is 7.83. The summed E-state index contributed by atoms with van der Waals surface area (Å²) in [7, 11) is 6.44. The van der Waals surface area contributed by atoms with E-state index < -0.39 is 17.9 Å². The zero-order chi connectivity index (χ0) is 33.2. The van der Waals surface area contributed by atoms with Crippen LogP contribution in [-0.2, 0) is 20.9 Å². The fraction of sp³-hybridized carbons (Fsp3) is 0.583. The molecule has 0 aliphatic carbocycles. The normalized spacial score (nSPS) is 22.4. The first-order valence-electron chi connectivity index (χ1n) is 16.6. The Kier molecular flexibility index (Phi) is 9.98. The Balaban J connectivity index is 1.43. The van der Waals surface area contributed by atoms with Gasteiger partial charge in [-0.25, -0.2) is 0 Å². The van der Waals surface area contributed by atoms with Gasteiger partial charge in [0, 0.05) is 55.8 Å². The number of likely N-dealkylation sites (tertiary alicyclic amines) is 2. The fourth-order valence-corrected chi connectivity index (χ4v) is 7.35. The monoisotopic (exact) mass is 635 g/mol. The number of amides is 2. The molecule has 3 atom stereocenters. The molecule has 46 heavy (non-hydrogen) atoms. The van der Waals surface area contributed by atoms with E-state index in [9.17, 15) is 19.5 Å². The smallest absolute Gasteiger partial charge is 0.308 e. The molecule has 1 unspecified atom stereocenters. The molecule has 2 fully saturated rings. The molecule has 2 saturated heterocycles. The Morgan fingerprint density at radius 1 is 1.09 bits per heavy atom. The molecule has 10 heteroatoms. The number of quaternary nitrogens is 1. The highest BCUT2D eigenvalue weighted by atomic mass is 16.7. The predicted octanol–water partition coefficient (Wildman–Crippen LogP) is 4.57. The largest absolute Gasteiger partial charge is 0.481 e. The minimum Gasteiger partial charge on any atom is -0.481 e. The van der Waals surface area contributed by atoms with Crippen molar-refractivity contribution in [1.29, 1.82) is 0 Å². The number of ether oxygens (including phenoxy) is 2. The molecule has 1 N–H and O–H groups in total. The lowest BCUT2D eigenvalue weighted by atomic mass is 9.84. The SMILES string of the molecule is CCCCN(C(=O)CN1C[C@H](c2ccc3c(c2)OCO3)C(C(=O)O)[C@@H]1CCN1CC(C)(C)CC1=O)c1cccc(C[N+](C)(C)C)c1. The van der Waals surface area contributed by atoms with Crippen molar-refractivity contribution in [3.8, 4) is 11.5 Å². The molecule has 0 spiro atoms. The molecule has 3 aliphatic rings. The number of carboxylic acids is 1. The summed E-state index contributed by atoms with van der Waals surface area (Å²) in [5, 5.41) is 10.7. The number of aliphatic carboxylic acids is 1. The lowest BCUT2D eigenvalue weighted by molar-refractivity contribution is -0.884. The molecule has 0 radical (unpaired) electrons. The molecular weight excluding hydrogens is 584 g/mol. The molecule has 0 bridgehead atoms. The Bertz CT molecular complexity index is 1440. The van der Waals surface area contributed by atoms with Crippen LogP contribution < -0.4 is 14.4 Å². The zero-order valence-corrected chi connectivity index (χ0v) is 28.3. The van der Waals surface area contributed by atoms with Crippen molar-refractivity contribution in [3.05, 3.63) is 53.6 Å². The van der Waals surface area contributed by atoms with Crippen LogP contribution >= 0.6 is 0 Å². The first-order valence-corrected chi connectivity index (χ1v) is 16.6. The summed E-state index contributed by atoms with van der Waals surface area (Å²) in [5.41, 5.74) is 2.77. The lowest BCUT2D eigenvalue weighted by Gasteiger charge is -2.31. The number of rotatable bonds is 13. The zero-order valence-electron chi connectivity index (χ0n) is 28.3. The maximum absolute atomic E-state index is 14.3. The maximum atomic E-state index is 14.3. The van der Waals surface area contributed by atoms with E-state index >= 15 is 0 Å². The molecular formula is C36H51N4O6+. The Hall–Kier alpha value is -3.63. The van der Waals surface area contributed by atoms with Crippen LogP contribution in [0.3, 0.4) is 0 Å². The summed E-state index contributed by atoms with van der Waals surface area (Å²) in [5.74, 6) is -0.697. The minimum atomic E-state index is -0.897. The number of carbonyl (C=O) groups excluding carboxylic acids is 2. The van der Waals surface area contributed by atoms with Crippen molar-refractivity contribution in [2.24, 2.45) is 11.3 Å². The van der Waals surface area contributed by atoms with Crippen LogP contribution in [0.2, 0.25) is 0 Å². The maximum Gasteiger partial charge on any atom is 0.308 e. The number of anilines is 1. The van der Waals surface area contributed by atoms with E-state index in [2.05, 4.69) is 58.9 Å². The second-order valence-electron chi connectivity index (χ2n) is 15.0. The number of hydrogen-bond donors (Lipinski definition) is 1. The van der Waals surface area contributed by atoms with Gasteiger partial charge in [0.25, 0.3) is 0 Å². The summed E-state index contributed by atoms with van der Waals surface area (Å²) < 4.78 is 11.9. The molecule has 5 rings (SSSR count). The first-order chi connectivity index (χ1) is 21.7. The van der Waals surface area contributed by atoms with Crippen molar-refractivity contribution in [2.45, 2.75) is 65.0 Å². The highest BCUT2D eigenvalue weighted by Crippen LogP contribution is 2.43. The van der Waals surface area contributed by atoms with Crippen LogP contribution in [0.25, 0.3) is 0 Å². The van der Waals surface area contributed by atoms with Crippen LogP contribution in [-0.4, -0.2) is 104 Å². The van der Waals surface area contributed by atoms with E-state index in [-0.39, 0.29) is 36.5 Å². The Morgan fingerprint density at radius 2 is 1.85 bits per heavy atom. The van der Waals surface area contributed by atoms with Crippen LogP contribution in [0.4, 0.5) is 5.69 Å². The average Bonchev–Trinajstić information content (AvgIpc) is 3.65. The van der Waals surface area contributed by atoms with E-state index in [0.29, 0.717) is 50.5 Å². The van der Waals surface area contributed by atoms with Gasteiger partial charge in [-0.2, -0.15) is 0 Å². The van der Waals surface area contributed by atoms with E-state index in [1.807, 2.05) is 40.1 Å². The standard InChI is InChI=1S/C36H50N4O6/c1-7-8-15-39(27-11-9-10-25(17-27)22-40(4,5)6)33(42)21-38-20-28(26-12-13-30-31(18-26)46-24-45-30)34(35(43)44)29(38)14-16-37-23-36(2,3)19-32(37)41/h9-13,17-18,28-29,34H,7-8,14-16,19-24H2,1-6H3/p+1/t28-,29+,34?/m1/s1. The Labute approximate surface area is 273 Å². The third-order valence-electron chi connectivity index (χ3n) is 9.41.